The molecule has 1 saturated heterocycles. The highest BCUT2D eigenvalue weighted by molar-refractivity contribution is 6.11. The molecule has 0 unspecified atom stereocenters. The van der Waals surface area contributed by atoms with E-state index >= 15 is 0 Å². The van der Waals surface area contributed by atoms with Gasteiger partial charge in [0.15, 0.2) is 23.6 Å². The number of amides is 2. The van der Waals surface area contributed by atoms with E-state index in [0.29, 0.717) is 11.2 Å². The van der Waals surface area contributed by atoms with Crippen LogP contribution < -0.4 is 21.4 Å². The molecular formula is C32H30N2O11. The van der Waals surface area contributed by atoms with E-state index < -0.39 is 59.3 Å². The van der Waals surface area contributed by atoms with Crippen LogP contribution in [0.1, 0.15) is 29.8 Å². The SMILES string of the molecule is CO[C@@H]1[C@@H](OC(N)=O)[C@@H](O)[C@H](Oc2ccc3c(O)c(NC(=O)c4ccc5c(c4)oc4ccccc45)c(=O)oc3c2C)OC1(C)C. The van der Waals surface area contributed by atoms with E-state index in [-0.39, 0.29) is 27.8 Å². The van der Waals surface area contributed by atoms with Gasteiger partial charge in [0, 0.05) is 29.0 Å². The van der Waals surface area contributed by atoms with E-state index in [0.717, 1.165) is 10.8 Å². The quantitative estimate of drug-likeness (QED) is 0.198. The zero-order chi connectivity index (χ0) is 32.2. The summed E-state index contributed by atoms with van der Waals surface area (Å²) in [4.78, 5) is 37.7. The molecule has 5 N–H and O–H groups in total. The van der Waals surface area contributed by atoms with Gasteiger partial charge >= 0.3 is 11.7 Å². The van der Waals surface area contributed by atoms with Crippen LogP contribution in [-0.4, -0.2) is 59.5 Å². The first-order chi connectivity index (χ1) is 21.4. The highest BCUT2D eigenvalue weighted by atomic mass is 16.7. The molecule has 3 aromatic carbocycles. The van der Waals surface area contributed by atoms with Crippen LogP contribution in [0.3, 0.4) is 0 Å². The molecule has 234 valence electrons. The molecule has 3 heterocycles. The number of rotatable bonds is 6. The maximum Gasteiger partial charge on any atom is 0.404 e. The average molecular weight is 619 g/mol. The number of aliphatic hydroxyl groups is 1. The number of carbonyl (C=O) groups excluding carboxylic acids is 2. The third-order valence-electron chi connectivity index (χ3n) is 7.89. The van der Waals surface area contributed by atoms with Crippen LogP contribution in [0.15, 0.2) is 68.2 Å². The second-order valence-corrected chi connectivity index (χ2v) is 11.2. The third-order valence-corrected chi connectivity index (χ3v) is 7.89. The number of benzene rings is 3. The van der Waals surface area contributed by atoms with Crippen molar-refractivity contribution in [2.75, 3.05) is 12.4 Å². The van der Waals surface area contributed by atoms with Crippen LogP contribution in [0.4, 0.5) is 10.5 Å². The highest BCUT2D eigenvalue weighted by Crippen LogP contribution is 2.39. The molecule has 0 saturated carbocycles. The topological polar surface area (TPSA) is 193 Å². The van der Waals surface area contributed by atoms with Crippen LogP contribution >= 0.6 is 0 Å². The van der Waals surface area contributed by atoms with Crippen molar-refractivity contribution in [1.29, 1.82) is 0 Å². The van der Waals surface area contributed by atoms with Crippen LogP contribution in [0.2, 0.25) is 0 Å². The number of hydrogen-bond donors (Lipinski definition) is 4. The number of carbonyl (C=O) groups is 2. The minimum absolute atomic E-state index is 0.0269. The fourth-order valence-electron chi connectivity index (χ4n) is 5.73. The van der Waals surface area contributed by atoms with E-state index in [1.165, 1.54) is 19.2 Å². The number of aliphatic hydroxyl groups excluding tert-OH is 1. The number of hydrogen-bond acceptors (Lipinski definition) is 11. The van der Waals surface area contributed by atoms with E-state index in [4.69, 9.17) is 33.5 Å². The van der Waals surface area contributed by atoms with Gasteiger partial charge in [0.1, 0.15) is 28.6 Å². The number of fused-ring (bicyclic) bond motifs is 4. The smallest absolute Gasteiger partial charge is 0.404 e. The number of nitrogens with two attached hydrogens (primary N) is 1. The van der Waals surface area contributed by atoms with Crippen molar-refractivity contribution in [1.82, 2.24) is 0 Å². The molecule has 13 heteroatoms. The Morgan fingerprint density at radius 1 is 1.00 bits per heavy atom. The Labute approximate surface area is 255 Å². The standard InChI is InChI=1S/C32H30N2O11/c1-14-19(42-30-24(36)26(44-31(33)39)27(40-4)32(2,3)45-30)12-11-18-23(35)22(29(38)43-25(14)18)34-28(37)15-9-10-17-16-7-5-6-8-20(16)41-21(17)13-15/h5-13,24,26-27,30,35-36H,1-4H3,(H2,33,39)(H,34,37)/t24-,26+,27-,30-/m1/s1. The lowest BCUT2D eigenvalue weighted by molar-refractivity contribution is -0.304. The number of nitrogens with one attached hydrogen (secondary N) is 1. The minimum atomic E-state index is -1.51. The number of primary amides is 1. The Bertz CT molecular complexity index is 2030. The van der Waals surface area contributed by atoms with Gasteiger partial charge in [-0.15, -0.1) is 0 Å². The fourth-order valence-corrected chi connectivity index (χ4v) is 5.73. The van der Waals surface area contributed by atoms with Gasteiger partial charge in [-0.25, -0.2) is 9.59 Å². The summed E-state index contributed by atoms with van der Waals surface area (Å²) in [5.74, 6) is -1.04. The first kappa shape index (κ1) is 29.9. The van der Waals surface area contributed by atoms with Crippen molar-refractivity contribution in [2.24, 2.45) is 5.73 Å². The van der Waals surface area contributed by atoms with Crippen molar-refractivity contribution >= 4 is 50.6 Å². The predicted molar refractivity (Wildman–Crippen MR) is 161 cm³/mol. The third kappa shape index (κ3) is 5.20. The molecule has 45 heavy (non-hydrogen) atoms. The number of anilines is 1. The van der Waals surface area contributed by atoms with Gasteiger partial charge in [-0.2, -0.15) is 0 Å². The number of methoxy groups -OCH3 is 1. The lowest BCUT2D eigenvalue weighted by Crippen LogP contribution is -2.65. The van der Waals surface area contributed by atoms with Gasteiger partial charge in [-0.05, 0) is 57.2 Å². The van der Waals surface area contributed by atoms with Gasteiger partial charge in [0.05, 0.1) is 11.0 Å². The Morgan fingerprint density at radius 3 is 2.44 bits per heavy atom. The van der Waals surface area contributed by atoms with Gasteiger partial charge in [0.25, 0.3) is 5.91 Å². The summed E-state index contributed by atoms with van der Waals surface area (Å²) in [6.45, 7) is 4.89. The summed E-state index contributed by atoms with van der Waals surface area (Å²) in [5.41, 5.74) is 4.28. The van der Waals surface area contributed by atoms with Crippen LogP contribution in [0, 0.1) is 6.92 Å². The van der Waals surface area contributed by atoms with E-state index in [1.807, 2.05) is 24.3 Å². The molecule has 13 nitrogen and oxygen atoms in total. The van der Waals surface area contributed by atoms with Gasteiger partial charge < -0.3 is 49.0 Å². The molecule has 1 aliphatic rings. The minimum Gasteiger partial charge on any atom is -0.505 e. The summed E-state index contributed by atoms with van der Waals surface area (Å²) in [7, 11) is 1.37. The summed E-state index contributed by atoms with van der Waals surface area (Å²) >= 11 is 0. The first-order valence-corrected chi connectivity index (χ1v) is 13.9. The predicted octanol–water partition coefficient (Wildman–Crippen LogP) is 4.31. The maximum absolute atomic E-state index is 13.1. The molecule has 1 aliphatic heterocycles. The zero-order valence-corrected chi connectivity index (χ0v) is 24.7. The molecule has 0 aliphatic carbocycles. The number of para-hydroxylation sites is 1. The van der Waals surface area contributed by atoms with Gasteiger partial charge in [-0.3, -0.25) is 4.79 Å². The summed E-state index contributed by atoms with van der Waals surface area (Å²) in [6, 6.07) is 15.2. The van der Waals surface area contributed by atoms with Crippen molar-refractivity contribution in [3.8, 4) is 11.5 Å². The largest absolute Gasteiger partial charge is 0.505 e. The van der Waals surface area contributed by atoms with Gasteiger partial charge in [0.2, 0.25) is 6.29 Å². The molecule has 0 radical (unpaired) electrons. The zero-order valence-electron chi connectivity index (χ0n) is 24.7. The molecule has 5 aromatic rings. The molecule has 1 fully saturated rings. The lowest BCUT2D eigenvalue weighted by Gasteiger charge is -2.47. The molecule has 2 amide bonds. The molecule has 2 aromatic heterocycles. The lowest BCUT2D eigenvalue weighted by atomic mass is 9.89. The van der Waals surface area contributed by atoms with Gasteiger partial charge in [-0.1, -0.05) is 18.2 Å². The molecule has 6 rings (SSSR count). The summed E-state index contributed by atoms with van der Waals surface area (Å²) < 4.78 is 33.8. The number of aryl methyl sites for hydroxylation is 1. The maximum atomic E-state index is 13.1. The molecular weight excluding hydrogens is 588 g/mol. The van der Waals surface area contributed by atoms with E-state index in [1.54, 1.807) is 39.0 Å². The number of furan rings is 1. The Hall–Kier alpha value is -5.11. The van der Waals surface area contributed by atoms with Crippen molar-refractivity contribution in [3.05, 3.63) is 76.1 Å². The fraction of sp³-hybridized carbons (Fsp3) is 0.281. The average Bonchev–Trinajstić information content (AvgIpc) is 3.37. The second-order valence-electron chi connectivity index (χ2n) is 11.2. The van der Waals surface area contributed by atoms with E-state index in [9.17, 15) is 24.6 Å². The van der Waals surface area contributed by atoms with Crippen molar-refractivity contribution < 1.29 is 47.6 Å². The van der Waals surface area contributed by atoms with E-state index in [2.05, 4.69) is 5.32 Å². The summed E-state index contributed by atoms with van der Waals surface area (Å²) in [6.07, 6.45) is -6.07. The van der Waals surface area contributed by atoms with Crippen LogP contribution in [0.25, 0.3) is 32.9 Å². The molecule has 4 atom stereocenters. The van der Waals surface area contributed by atoms with Crippen LogP contribution in [-0.2, 0) is 14.2 Å². The first-order valence-electron chi connectivity index (χ1n) is 13.9. The molecule has 0 bridgehead atoms. The number of ether oxygens (including phenoxy) is 4. The summed E-state index contributed by atoms with van der Waals surface area (Å²) in [5, 5.41) is 26.3. The van der Waals surface area contributed by atoms with Crippen LogP contribution in [0.5, 0.6) is 11.5 Å². The molecule has 0 spiro atoms. The highest BCUT2D eigenvalue weighted by Gasteiger charge is 2.53. The Kier molecular flexibility index (Phi) is 7.39. The normalized spacial score (nSPS) is 21.2. The number of aromatic hydroxyl groups is 1. The Balaban J connectivity index is 1.28. The monoisotopic (exact) mass is 618 g/mol. The second kappa shape index (κ2) is 11.1. The Morgan fingerprint density at radius 2 is 1.71 bits per heavy atom. The van der Waals surface area contributed by atoms with Crippen molar-refractivity contribution in [3.63, 3.8) is 0 Å². The van der Waals surface area contributed by atoms with Crippen molar-refractivity contribution in [2.45, 2.75) is 51.0 Å².